The SMILES string of the molecule is O=C(CN1C(=O)c2ccc([N+](=O)[O-])cc2C1=O)c1ccccc1Cl. The topological polar surface area (TPSA) is 97.6 Å². The number of ketones is 1. The number of hydrogen-bond donors (Lipinski definition) is 0. The number of carbonyl (C=O) groups excluding carboxylic acids is 3. The highest BCUT2D eigenvalue weighted by atomic mass is 35.5. The Balaban J connectivity index is 1.90. The molecular weight excluding hydrogens is 336 g/mol. The van der Waals surface area contributed by atoms with Crippen molar-refractivity contribution < 1.29 is 19.3 Å². The van der Waals surface area contributed by atoms with Crippen LogP contribution in [0.4, 0.5) is 5.69 Å². The second-order valence-corrected chi connectivity index (χ2v) is 5.49. The van der Waals surface area contributed by atoms with Gasteiger partial charge in [-0.15, -0.1) is 0 Å². The fourth-order valence-corrected chi connectivity index (χ4v) is 2.69. The van der Waals surface area contributed by atoms with E-state index in [9.17, 15) is 24.5 Å². The van der Waals surface area contributed by atoms with E-state index in [4.69, 9.17) is 11.6 Å². The average Bonchev–Trinajstić information content (AvgIpc) is 2.79. The van der Waals surface area contributed by atoms with Gasteiger partial charge >= 0.3 is 0 Å². The molecular formula is C16H9ClN2O5. The van der Waals surface area contributed by atoms with Gasteiger partial charge in [-0.25, -0.2) is 0 Å². The van der Waals surface area contributed by atoms with E-state index in [1.807, 2.05) is 0 Å². The lowest BCUT2D eigenvalue weighted by Gasteiger charge is -2.13. The van der Waals surface area contributed by atoms with E-state index in [1.165, 1.54) is 18.2 Å². The maximum atomic E-state index is 12.3. The minimum Gasteiger partial charge on any atom is -0.292 e. The highest BCUT2D eigenvalue weighted by Gasteiger charge is 2.38. The standard InChI is InChI=1S/C16H9ClN2O5/c17-13-4-2-1-3-11(13)14(20)8-18-15(21)10-6-5-9(19(23)24)7-12(10)16(18)22/h1-7H,8H2. The molecule has 24 heavy (non-hydrogen) atoms. The number of Topliss-reactive ketones (excluding diaryl/α,β-unsaturated/α-hetero) is 1. The number of halogens is 1. The molecule has 0 bridgehead atoms. The summed E-state index contributed by atoms with van der Waals surface area (Å²) >= 11 is 5.94. The number of benzene rings is 2. The highest BCUT2D eigenvalue weighted by Crippen LogP contribution is 2.27. The Morgan fingerprint density at radius 2 is 1.75 bits per heavy atom. The van der Waals surface area contributed by atoms with Crippen molar-refractivity contribution in [2.24, 2.45) is 0 Å². The van der Waals surface area contributed by atoms with Gasteiger partial charge in [-0.2, -0.15) is 0 Å². The summed E-state index contributed by atoms with van der Waals surface area (Å²) in [5.41, 5.74) is -0.144. The molecule has 0 saturated carbocycles. The molecule has 2 aromatic carbocycles. The van der Waals surface area contributed by atoms with Gasteiger partial charge in [-0.1, -0.05) is 23.7 Å². The van der Waals surface area contributed by atoms with Crippen LogP contribution in [0.3, 0.4) is 0 Å². The molecule has 0 spiro atoms. The van der Waals surface area contributed by atoms with Crippen LogP contribution < -0.4 is 0 Å². The van der Waals surface area contributed by atoms with Crippen LogP contribution in [0.15, 0.2) is 42.5 Å². The summed E-state index contributed by atoms with van der Waals surface area (Å²) in [5, 5.41) is 11.0. The predicted molar refractivity (Wildman–Crippen MR) is 84.2 cm³/mol. The van der Waals surface area contributed by atoms with Crippen LogP contribution in [-0.2, 0) is 0 Å². The number of hydrogen-bond acceptors (Lipinski definition) is 5. The van der Waals surface area contributed by atoms with Gasteiger partial charge in [0, 0.05) is 17.7 Å². The third-order valence-corrected chi connectivity index (χ3v) is 3.97. The van der Waals surface area contributed by atoms with Crippen LogP contribution >= 0.6 is 11.6 Å². The number of imide groups is 1. The van der Waals surface area contributed by atoms with Crippen LogP contribution in [0.1, 0.15) is 31.1 Å². The van der Waals surface area contributed by atoms with Gasteiger partial charge in [0.1, 0.15) is 0 Å². The summed E-state index contributed by atoms with van der Waals surface area (Å²) < 4.78 is 0. The van der Waals surface area contributed by atoms with E-state index in [0.717, 1.165) is 17.0 Å². The van der Waals surface area contributed by atoms with Gasteiger partial charge in [-0.3, -0.25) is 29.4 Å². The molecule has 1 aliphatic rings. The van der Waals surface area contributed by atoms with Gasteiger partial charge in [0.25, 0.3) is 17.5 Å². The zero-order valence-corrected chi connectivity index (χ0v) is 12.8. The van der Waals surface area contributed by atoms with Gasteiger partial charge in [0.05, 0.1) is 27.6 Å². The largest absolute Gasteiger partial charge is 0.292 e. The zero-order chi connectivity index (χ0) is 17.4. The first-order chi connectivity index (χ1) is 11.4. The Kier molecular flexibility index (Phi) is 3.86. The molecule has 1 aliphatic heterocycles. The van der Waals surface area contributed by atoms with Crippen LogP contribution in [-0.4, -0.2) is 34.0 Å². The number of amides is 2. The summed E-state index contributed by atoms with van der Waals surface area (Å²) in [4.78, 5) is 47.8. The van der Waals surface area contributed by atoms with Crippen molar-refractivity contribution in [1.82, 2.24) is 4.90 Å². The minimum atomic E-state index is -0.737. The molecule has 0 radical (unpaired) electrons. The molecule has 3 rings (SSSR count). The maximum Gasteiger partial charge on any atom is 0.270 e. The highest BCUT2D eigenvalue weighted by molar-refractivity contribution is 6.34. The second-order valence-electron chi connectivity index (χ2n) is 5.09. The molecule has 0 saturated heterocycles. The van der Waals surface area contributed by atoms with Crippen LogP contribution in [0, 0.1) is 10.1 Å². The summed E-state index contributed by atoms with van der Waals surface area (Å²) in [7, 11) is 0. The number of nitro groups is 1. The van der Waals surface area contributed by atoms with Crippen molar-refractivity contribution in [1.29, 1.82) is 0 Å². The van der Waals surface area contributed by atoms with Gasteiger partial charge in [0.15, 0.2) is 5.78 Å². The van der Waals surface area contributed by atoms with E-state index in [1.54, 1.807) is 12.1 Å². The number of fused-ring (bicyclic) bond motifs is 1. The molecule has 1 heterocycles. The predicted octanol–water partition coefficient (Wildman–Crippen LogP) is 2.73. The van der Waals surface area contributed by atoms with Crippen molar-refractivity contribution in [2.45, 2.75) is 0 Å². The molecule has 0 unspecified atom stereocenters. The van der Waals surface area contributed by atoms with Crippen LogP contribution in [0.2, 0.25) is 5.02 Å². The van der Waals surface area contributed by atoms with Crippen molar-refractivity contribution >= 4 is 34.9 Å². The smallest absolute Gasteiger partial charge is 0.270 e. The van der Waals surface area contributed by atoms with Crippen LogP contribution in [0.25, 0.3) is 0 Å². The Bertz CT molecular complexity index is 909. The first kappa shape index (κ1) is 15.8. The summed E-state index contributed by atoms with van der Waals surface area (Å²) in [6, 6.07) is 9.69. The average molecular weight is 345 g/mol. The third kappa shape index (κ3) is 2.55. The van der Waals surface area contributed by atoms with E-state index < -0.39 is 29.1 Å². The Morgan fingerprint density at radius 1 is 1.08 bits per heavy atom. The molecule has 120 valence electrons. The number of nitro benzene ring substituents is 1. The Hall–Kier alpha value is -3.06. The van der Waals surface area contributed by atoms with Crippen LogP contribution in [0.5, 0.6) is 0 Å². The molecule has 7 nitrogen and oxygen atoms in total. The number of non-ortho nitro benzene ring substituents is 1. The fourth-order valence-electron chi connectivity index (χ4n) is 2.45. The van der Waals surface area contributed by atoms with E-state index >= 15 is 0 Å². The van der Waals surface area contributed by atoms with Gasteiger partial charge in [0.2, 0.25) is 0 Å². The molecule has 8 heteroatoms. The normalized spacial score (nSPS) is 13.1. The maximum absolute atomic E-state index is 12.3. The lowest BCUT2D eigenvalue weighted by molar-refractivity contribution is -0.384. The van der Waals surface area contributed by atoms with Gasteiger partial charge in [-0.05, 0) is 18.2 Å². The quantitative estimate of drug-likeness (QED) is 0.367. The van der Waals surface area contributed by atoms with Crippen molar-refractivity contribution in [3.05, 3.63) is 74.3 Å². The Morgan fingerprint density at radius 3 is 2.42 bits per heavy atom. The summed E-state index contributed by atoms with van der Waals surface area (Å²) in [6.45, 7) is -0.482. The first-order valence-corrected chi connectivity index (χ1v) is 7.20. The third-order valence-electron chi connectivity index (χ3n) is 3.64. The van der Waals surface area contributed by atoms with Crippen molar-refractivity contribution in [3.63, 3.8) is 0 Å². The van der Waals surface area contributed by atoms with Crippen molar-refractivity contribution in [3.8, 4) is 0 Å². The first-order valence-electron chi connectivity index (χ1n) is 6.82. The van der Waals surface area contributed by atoms with E-state index in [2.05, 4.69) is 0 Å². The minimum absolute atomic E-state index is 0.0394. The van der Waals surface area contributed by atoms with Crippen molar-refractivity contribution in [2.75, 3.05) is 6.54 Å². The lowest BCUT2D eigenvalue weighted by atomic mass is 10.1. The zero-order valence-electron chi connectivity index (χ0n) is 12.1. The molecule has 2 aromatic rings. The van der Waals surface area contributed by atoms with E-state index in [0.29, 0.717) is 0 Å². The number of carbonyl (C=O) groups is 3. The molecule has 0 atom stereocenters. The fraction of sp³-hybridized carbons (Fsp3) is 0.0625. The van der Waals surface area contributed by atoms with Gasteiger partial charge < -0.3 is 0 Å². The number of nitrogens with zero attached hydrogens (tertiary/aromatic N) is 2. The second kappa shape index (κ2) is 5.86. The summed E-state index contributed by atoms with van der Waals surface area (Å²) in [6.07, 6.45) is 0. The summed E-state index contributed by atoms with van der Waals surface area (Å²) in [5.74, 6) is -1.89. The number of rotatable bonds is 4. The lowest BCUT2D eigenvalue weighted by Crippen LogP contribution is -2.35. The molecule has 0 N–H and O–H groups in total. The monoisotopic (exact) mass is 344 g/mol. The molecule has 2 amide bonds. The molecule has 0 aliphatic carbocycles. The molecule has 0 aromatic heterocycles. The van der Waals surface area contributed by atoms with E-state index in [-0.39, 0.29) is 27.4 Å². The molecule has 0 fully saturated rings. The Labute approximate surface area is 140 Å².